The molecule has 2 aromatic rings. The number of rotatable bonds is 8. The summed E-state index contributed by atoms with van der Waals surface area (Å²) in [7, 11) is 1.38. The van der Waals surface area contributed by atoms with Gasteiger partial charge in [-0.3, -0.25) is 4.79 Å². The lowest BCUT2D eigenvalue weighted by Gasteiger charge is -2.12. The van der Waals surface area contributed by atoms with Crippen molar-refractivity contribution in [2.45, 2.75) is 39.0 Å². The van der Waals surface area contributed by atoms with E-state index in [1.54, 1.807) is 0 Å². The Hall–Kier alpha value is -2.20. The van der Waals surface area contributed by atoms with Crippen LogP contribution in [0.15, 0.2) is 48.6 Å². The summed E-state index contributed by atoms with van der Waals surface area (Å²) < 4.78 is 29.0. The quantitative estimate of drug-likeness (QED) is 0.526. The third-order valence-electron chi connectivity index (χ3n) is 4.50. The molecule has 2 aromatic carbocycles. The van der Waals surface area contributed by atoms with Crippen LogP contribution in [0.4, 0.5) is 8.78 Å². The number of allylic oxidation sites excluding steroid dienone is 1. The highest BCUT2D eigenvalue weighted by molar-refractivity contribution is 6.31. The molecule has 0 N–H and O–H groups in total. The van der Waals surface area contributed by atoms with E-state index in [0.717, 1.165) is 46.7 Å². The van der Waals surface area contributed by atoms with E-state index in [-0.39, 0.29) is 12.4 Å². The fourth-order valence-corrected chi connectivity index (χ4v) is 3.34. The number of hydrogen-bond donors (Lipinski definition) is 0. The first kappa shape index (κ1) is 21.1. The summed E-state index contributed by atoms with van der Waals surface area (Å²) in [5.74, 6) is -0.235. The van der Waals surface area contributed by atoms with Crippen molar-refractivity contribution in [2.75, 3.05) is 7.11 Å². The molecule has 0 atom stereocenters. The van der Waals surface area contributed by atoms with Crippen molar-refractivity contribution in [3.05, 3.63) is 81.4 Å². The molecule has 0 fully saturated rings. The van der Waals surface area contributed by atoms with Gasteiger partial charge in [0.15, 0.2) is 0 Å². The SMILES string of the molecule is COC(=O)CCc1cc(C)c(CCc2ccc(CC=C(F)F)cc2)c(Cl)c1. The maximum Gasteiger partial charge on any atom is 0.305 e. The van der Waals surface area contributed by atoms with Crippen LogP contribution in [0.25, 0.3) is 0 Å². The minimum Gasteiger partial charge on any atom is -0.469 e. The van der Waals surface area contributed by atoms with Crippen LogP contribution in [-0.2, 0) is 35.2 Å². The van der Waals surface area contributed by atoms with Crippen LogP contribution in [-0.4, -0.2) is 13.1 Å². The summed E-state index contributed by atoms with van der Waals surface area (Å²) in [5, 5.41) is 0.704. The molecule has 0 aromatic heterocycles. The highest BCUT2D eigenvalue weighted by Crippen LogP contribution is 2.25. The molecule has 0 saturated carbocycles. The predicted molar refractivity (Wildman–Crippen MR) is 104 cm³/mol. The summed E-state index contributed by atoms with van der Waals surface area (Å²) in [5.41, 5.74) is 5.20. The smallest absolute Gasteiger partial charge is 0.305 e. The summed E-state index contributed by atoms with van der Waals surface area (Å²) in [6.45, 7) is 2.02. The molecule has 0 spiro atoms. The van der Waals surface area contributed by atoms with Gasteiger partial charge < -0.3 is 4.74 Å². The van der Waals surface area contributed by atoms with E-state index in [9.17, 15) is 13.6 Å². The third-order valence-corrected chi connectivity index (χ3v) is 4.84. The van der Waals surface area contributed by atoms with Gasteiger partial charge in [0.05, 0.1) is 7.11 Å². The molecule has 0 aliphatic rings. The molecule has 27 heavy (non-hydrogen) atoms. The Balaban J connectivity index is 1.99. The molecular weight excluding hydrogens is 370 g/mol. The zero-order valence-corrected chi connectivity index (χ0v) is 16.3. The molecule has 0 unspecified atom stereocenters. The van der Waals surface area contributed by atoms with Crippen LogP contribution in [0, 0.1) is 6.92 Å². The third kappa shape index (κ3) is 6.79. The largest absolute Gasteiger partial charge is 0.469 e. The van der Waals surface area contributed by atoms with Gasteiger partial charge in [0.25, 0.3) is 6.08 Å². The van der Waals surface area contributed by atoms with E-state index in [2.05, 4.69) is 10.8 Å². The lowest BCUT2D eigenvalue weighted by molar-refractivity contribution is -0.140. The number of esters is 1. The molecule has 0 aliphatic heterocycles. The second kappa shape index (κ2) is 10.2. The van der Waals surface area contributed by atoms with Gasteiger partial charge in [-0.05, 0) is 72.6 Å². The van der Waals surface area contributed by atoms with Gasteiger partial charge in [0.2, 0.25) is 0 Å². The zero-order chi connectivity index (χ0) is 19.8. The zero-order valence-electron chi connectivity index (χ0n) is 15.5. The summed E-state index contributed by atoms with van der Waals surface area (Å²) in [4.78, 5) is 11.3. The van der Waals surface area contributed by atoms with E-state index < -0.39 is 6.08 Å². The Labute approximate surface area is 163 Å². The van der Waals surface area contributed by atoms with E-state index in [1.807, 2.05) is 37.3 Å². The number of carbonyl (C=O) groups excluding carboxylic acids is 1. The summed E-state index contributed by atoms with van der Waals surface area (Å²) >= 11 is 6.45. The topological polar surface area (TPSA) is 26.3 Å². The number of ether oxygens (including phenoxy) is 1. The standard InChI is InChI=1S/C22H23ClF2O2/c1-15-13-18(9-12-22(26)27-2)14-20(23)19(15)10-7-16-3-5-17(6-4-16)8-11-21(24)25/h3-6,11,13-14H,7-10,12H2,1-2H3. The van der Waals surface area contributed by atoms with Crippen LogP contribution in [0.2, 0.25) is 5.02 Å². The highest BCUT2D eigenvalue weighted by Gasteiger charge is 2.09. The number of carbonyl (C=O) groups is 1. The minimum absolute atomic E-state index is 0.235. The maximum absolute atomic E-state index is 12.1. The number of halogens is 3. The molecule has 0 amide bonds. The van der Waals surface area contributed by atoms with Crippen LogP contribution in [0.1, 0.15) is 34.2 Å². The Morgan fingerprint density at radius 3 is 2.30 bits per heavy atom. The van der Waals surface area contributed by atoms with Crippen molar-refractivity contribution in [3.8, 4) is 0 Å². The van der Waals surface area contributed by atoms with Gasteiger partial charge in [0, 0.05) is 11.4 Å². The van der Waals surface area contributed by atoms with Crippen molar-refractivity contribution in [2.24, 2.45) is 0 Å². The highest BCUT2D eigenvalue weighted by atomic mass is 35.5. The Morgan fingerprint density at radius 2 is 1.70 bits per heavy atom. The fraction of sp³-hybridized carbons (Fsp3) is 0.318. The lowest BCUT2D eigenvalue weighted by atomic mass is 9.96. The second-order valence-corrected chi connectivity index (χ2v) is 6.87. The molecule has 0 aliphatic carbocycles. The first-order valence-corrected chi connectivity index (χ1v) is 9.20. The van der Waals surface area contributed by atoms with Gasteiger partial charge in [-0.25, -0.2) is 0 Å². The van der Waals surface area contributed by atoms with Crippen molar-refractivity contribution >= 4 is 17.6 Å². The number of methoxy groups -OCH3 is 1. The van der Waals surface area contributed by atoms with E-state index >= 15 is 0 Å². The monoisotopic (exact) mass is 392 g/mol. The molecule has 0 bridgehead atoms. The average molecular weight is 393 g/mol. The molecule has 2 nitrogen and oxygen atoms in total. The Morgan fingerprint density at radius 1 is 1.04 bits per heavy atom. The summed E-state index contributed by atoms with van der Waals surface area (Å²) in [6, 6.07) is 11.7. The van der Waals surface area contributed by atoms with Crippen LogP contribution in [0.5, 0.6) is 0 Å². The Bertz CT molecular complexity index is 787. The molecule has 0 heterocycles. The van der Waals surface area contributed by atoms with Gasteiger partial charge >= 0.3 is 5.97 Å². The van der Waals surface area contributed by atoms with Crippen LogP contribution in [0.3, 0.4) is 0 Å². The molecule has 2 rings (SSSR count). The van der Waals surface area contributed by atoms with Gasteiger partial charge in [-0.1, -0.05) is 41.9 Å². The maximum atomic E-state index is 12.1. The molecule has 5 heteroatoms. The van der Waals surface area contributed by atoms with E-state index in [0.29, 0.717) is 17.9 Å². The average Bonchev–Trinajstić information content (AvgIpc) is 2.64. The lowest BCUT2D eigenvalue weighted by Crippen LogP contribution is -2.03. The van der Waals surface area contributed by atoms with Crippen molar-refractivity contribution < 1.29 is 18.3 Å². The van der Waals surface area contributed by atoms with Crippen molar-refractivity contribution in [1.82, 2.24) is 0 Å². The molecule has 0 radical (unpaired) electrons. The first-order valence-electron chi connectivity index (χ1n) is 8.82. The van der Waals surface area contributed by atoms with Crippen molar-refractivity contribution in [3.63, 3.8) is 0 Å². The minimum atomic E-state index is -1.65. The van der Waals surface area contributed by atoms with E-state index in [1.165, 1.54) is 7.11 Å². The van der Waals surface area contributed by atoms with Gasteiger partial charge in [-0.2, -0.15) is 8.78 Å². The number of benzene rings is 2. The molecule has 0 saturated heterocycles. The first-order chi connectivity index (χ1) is 12.9. The predicted octanol–water partition coefficient (Wildman–Crippen LogP) is 5.86. The molecular formula is C22H23ClF2O2. The van der Waals surface area contributed by atoms with Crippen molar-refractivity contribution in [1.29, 1.82) is 0 Å². The number of hydrogen-bond acceptors (Lipinski definition) is 2. The van der Waals surface area contributed by atoms with Crippen LogP contribution >= 0.6 is 11.6 Å². The fourth-order valence-electron chi connectivity index (χ4n) is 2.96. The van der Waals surface area contributed by atoms with E-state index in [4.69, 9.17) is 11.6 Å². The summed E-state index contributed by atoms with van der Waals surface area (Å²) in [6.07, 6.45) is 2.04. The van der Waals surface area contributed by atoms with Crippen LogP contribution < -0.4 is 0 Å². The number of aryl methyl sites for hydroxylation is 3. The normalized spacial score (nSPS) is 10.6. The van der Waals surface area contributed by atoms with Gasteiger partial charge in [-0.15, -0.1) is 0 Å². The van der Waals surface area contributed by atoms with Gasteiger partial charge in [0.1, 0.15) is 0 Å². The Kier molecular flexibility index (Phi) is 7.99. The second-order valence-electron chi connectivity index (χ2n) is 6.46. The molecule has 144 valence electrons.